The number of aliphatic hydroxyl groups excluding tert-OH is 1. The molecule has 0 amide bonds. The third-order valence-electron chi connectivity index (χ3n) is 9.93. The molecule has 2 nitrogen and oxygen atoms in total. The van der Waals surface area contributed by atoms with Crippen LogP contribution in [0.25, 0.3) is 0 Å². The second kappa shape index (κ2) is 8.02. The highest BCUT2D eigenvalue weighted by Crippen LogP contribution is 2.76. The number of rotatable bonds is 4. The molecule has 0 radical (unpaired) electrons. The number of fused-ring (bicyclic) bond motifs is 5. The lowest BCUT2D eigenvalue weighted by Crippen LogP contribution is -2.54. The van der Waals surface area contributed by atoms with Gasteiger partial charge in [0.15, 0.2) is 0 Å². The van der Waals surface area contributed by atoms with E-state index in [2.05, 4.69) is 26.2 Å². The fourth-order valence-electron chi connectivity index (χ4n) is 8.17. The second-order valence-electron chi connectivity index (χ2n) is 11.4. The van der Waals surface area contributed by atoms with Crippen molar-refractivity contribution in [3.05, 3.63) is 42.0 Å². The first-order chi connectivity index (χ1) is 14.8. The maximum absolute atomic E-state index is 12.9. The lowest BCUT2D eigenvalue weighted by atomic mass is 9.65. The van der Waals surface area contributed by atoms with E-state index >= 15 is 0 Å². The highest BCUT2D eigenvalue weighted by molar-refractivity contribution is 8.34. The molecular weight excluding hydrogens is 420 g/mol. The van der Waals surface area contributed by atoms with E-state index in [4.69, 9.17) is 0 Å². The van der Waals surface area contributed by atoms with Crippen molar-refractivity contribution in [1.29, 1.82) is 0 Å². The first kappa shape index (κ1) is 22.2. The molecule has 3 fully saturated rings. The van der Waals surface area contributed by atoms with Gasteiger partial charge in [-0.05, 0) is 103 Å². The van der Waals surface area contributed by atoms with Crippen molar-refractivity contribution in [3.8, 4) is 0 Å². The molecule has 1 N–H and O–H groups in total. The SMILES string of the molecule is CC12CCC(O)CC1=CCS1(C)C2CCC2(C)C(CCS(=O)c3ccccc3)CCC21. The lowest BCUT2D eigenvalue weighted by molar-refractivity contribution is 0.100. The van der Waals surface area contributed by atoms with Gasteiger partial charge in [0.05, 0.1) is 16.9 Å². The summed E-state index contributed by atoms with van der Waals surface area (Å²) in [6, 6.07) is 10.0. The van der Waals surface area contributed by atoms with Gasteiger partial charge >= 0.3 is 0 Å². The minimum Gasteiger partial charge on any atom is -0.393 e. The molecule has 31 heavy (non-hydrogen) atoms. The molecule has 0 bridgehead atoms. The van der Waals surface area contributed by atoms with E-state index in [0.29, 0.717) is 10.8 Å². The van der Waals surface area contributed by atoms with Crippen molar-refractivity contribution in [2.75, 3.05) is 17.8 Å². The predicted octanol–water partition coefficient (Wildman–Crippen LogP) is 6.06. The Labute approximate surface area is 193 Å². The van der Waals surface area contributed by atoms with Gasteiger partial charge in [0.2, 0.25) is 0 Å². The second-order valence-corrected chi connectivity index (χ2v) is 16.9. The standard InChI is InChI=1S/C27H40O2S2/c1-26-16-12-25-27(2)15-11-22(28)19-21(27)14-18-31(25,3)24(26)10-9-20(26)13-17-30(29)23-7-5-4-6-8-23/h4-8,14,20,22,24-25,28H,9-13,15-19H2,1-3H3. The molecule has 4 heteroatoms. The van der Waals surface area contributed by atoms with E-state index in [1.807, 2.05) is 30.3 Å². The molecule has 2 heterocycles. The third-order valence-corrected chi connectivity index (χ3v) is 16.4. The van der Waals surface area contributed by atoms with Crippen LogP contribution >= 0.6 is 10.0 Å². The van der Waals surface area contributed by atoms with Gasteiger partial charge in [0.25, 0.3) is 0 Å². The zero-order valence-electron chi connectivity index (χ0n) is 19.5. The van der Waals surface area contributed by atoms with Crippen molar-refractivity contribution < 1.29 is 9.32 Å². The van der Waals surface area contributed by atoms with E-state index < -0.39 is 20.8 Å². The van der Waals surface area contributed by atoms with Crippen LogP contribution in [0.5, 0.6) is 0 Å². The zero-order chi connectivity index (χ0) is 21.9. The fraction of sp³-hybridized carbons (Fsp3) is 0.704. The summed E-state index contributed by atoms with van der Waals surface area (Å²) in [5.74, 6) is 2.81. The summed E-state index contributed by atoms with van der Waals surface area (Å²) < 4.78 is 12.9. The monoisotopic (exact) mass is 460 g/mol. The van der Waals surface area contributed by atoms with Gasteiger partial charge in [-0.2, -0.15) is 0 Å². The Kier molecular flexibility index (Phi) is 5.75. The quantitative estimate of drug-likeness (QED) is 0.555. The Balaban J connectivity index is 1.35. The first-order valence-electron chi connectivity index (χ1n) is 12.3. The molecule has 1 aromatic rings. The predicted molar refractivity (Wildman–Crippen MR) is 134 cm³/mol. The average molecular weight is 461 g/mol. The van der Waals surface area contributed by atoms with Crippen LogP contribution in [0.15, 0.2) is 46.9 Å². The summed E-state index contributed by atoms with van der Waals surface area (Å²) in [7, 11) is -1.59. The Morgan fingerprint density at radius 3 is 2.61 bits per heavy atom. The molecule has 2 aliphatic carbocycles. The summed E-state index contributed by atoms with van der Waals surface area (Å²) in [5, 5.41) is 12.0. The molecule has 2 aliphatic heterocycles. The molecule has 1 saturated heterocycles. The van der Waals surface area contributed by atoms with E-state index in [1.54, 1.807) is 5.57 Å². The van der Waals surface area contributed by atoms with Gasteiger partial charge in [-0.25, -0.2) is 10.0 Å². The minimum atomic E-state index is -0.870. The van der Waals surface area contributed by atoms with Crippen molar-refractivity contribution in [2.45, 2.75) is 86.7 Å². The molecule has 1 aromatic carbocycles. The Hall–Kier alpha value is -0.580. The van der Waals surface area contributed by atoms with E-state index in [9.17, 15) is 9.32 Å². The summed E-state index contributed by atoms with van der Waals surface area (Å²) in [5.41, 5.74) is 2.34. The van der Waals surface area contributed by atoms with Crippen LogP contribution in [0.4, 0.5) is 0 Å². The van der Waals surface area contributed by atoms with E-state index in [-0.39, 0.29) is 6.10 Å². The summed E-state index contributed by atoms with van der Waals surface area (Å²) in [6.45, 7) is 5.14. The number of benzene rings is 1. The highest BCUT2D eigenvalue weighted by Gasteiger charge is 2.61. The smallest absolute Gasteiger partial charge is 0.0577 e. The average Bonchev–Trinajstić information content (AvgIpc) is 3.10. The van der Waals surface area contributed by atoms with Gasteiger partial charge in [0, 0.05) is 10.6 Å². The van der Waals surface area contributed by atoms with Crippen LogP contribution in [-0.4, -0.2) is 43.7 Å². The van der Waals surface area contributed by atoms with Gasteiger partial charge in [0.1, 0.15) is 0 Å². The number of aliphatic hydroxyl groups is 1. The molecule has 8 atom stereocenters. The molecular formula is C27H40O2S2. The van der Waals surface area contributed by atoms with Crippen LogP contribution in [0, 0.1) is 16.7 Å². The van der Waals surface area contributed by atoms with Gasteiger partial charge in [-0.3, -0.25) is 4.21 Å². The zero-order valence-corrected chi connectivity index (χ0v) is 21.1. The lowest BCUT2D eigenvalue weighted by Gasteiger charge is -2.66. The summed E-state index contributed by atoms with van der Waals surface area (Å²) >= 11 is 0. The molecule has 5 rings (SSSR count). The van der Waals surface area contributed by atoms with Gasteiger partial charge in [-0.15, -0.1) is 0 Å². The van der Waals surface area contributed by atoms with Crippen molar-refractivity contribution in [3.63, 3.8) is 0 Å². The largest absolute Gasteiger partial charge is 0.393 e. The van der Waals surface area contributed by atoms with E-state index in [0.717, 1.165) is 46.3 Å². The number of hydrogen-bond acceptors (Lipinski definition) is 2. The maximum Gasteiger partial charge on any atom is 0.0577 e. The third kappa shape index (κ3) is 3.51. The highest BCUT2D eigenvalue weighted by atomic mass is 32.3. The van der Waals surface area contributed by atoms with Crippen LogP contribution in [0.1, 0.15) is 65.2 Å². The van der Waals surface area contributed by atoms with Crippen molar-refractivity contribution >= 4 is 20.8 Å². The fourth-order valence-corrected chi connectivity index (χ4v) is 15.1. The maximum atomic E-state index is 12.9. The molecule has 0 aromatic heterocycles. The minimum absolute atomic E-state index is 0.117. The normalized spacial score (nSPS) is 47.3. The summed E-state index contributed by atoms with van der Waals surface area (Å²) in [6.07, 6.45) is 14.8. The van der Waals surface area contributed by atoms with Crippen molar-refractivity contribution in [1.82, 2.24) is 0 Å². The van der Waals surface area contributed by atoms with Crippen molar-refractivity contribution in [2.24, 2.45) is 16.7 Å². The Bertz CT molecular complexity index is 882. The van der Waals surface area contributed by atoms with Crippen LogP contribution in [0.3, 0.4) is 0 Å². The molecule has 8 unspecified atom stereocenters. The number of hydrogen-bond donors (Lipinski definition) is 1. The first-order valence-corrected chi connectivity index (χ1v) is 16.0. The molecule has 0 spiro atoms. The molecule has 4 aliphatic rings. The van der Waals surface area contributed by atoms with Crippen LogP contribution in [-0.2, 0) is 10.8 Å². The van der Waals surface area contributed by atoms with Gasteiger partial charge < -0.3 is 5.11 Å². The summed E-state index contributed by atoms with van der Waals surface area (Å²) in [4.78, 5) is 0.987. The van der Waals surface area contributed by atoms with Crippen LogP contribution in [0.2, 0.25) is 0 Å². The van der Waals surface area contributed by atoms with Gasteiger partial charge in [-0.1, -0.05) is 43.7 Å². The molecule has 2 saturated carbocycles. The van der Waals surface area contributed by atoms with E-state index in [1.165, 1.54) is 37.9 Å². The topological polar surface area (TPSA) is 37.3 Å². The van der Waals surface area contributed by atoms with Crippen LogP contribution < -0.4 is 0 Å². The Morgan fingerprint density at radius 2 is 1.84 bits per heavy atom. The Morgan fingerprint density at radius 1 is 1.06 bits per heavy atom. The molecule has 172 valence electrons.